The fraction of sp³-hybridized carbons (Fsp3) is 0.200. The number of aromatic nitrogens is 3. The van der Waals surface area contributed by atoms with Gasteiger partial charge in [-0.05, 0) is 30.7 Å². The molecule has 0 radical (unpaired) electrons. The normalized spacial score (nSPS) is 11.2. The lowest BCUT2D eigenvalue weighted by atomic mass is 10.1. The van der Waals surface area contributed by atoms with Crippen LogP contribution in [0.1, 0.15) is 28.4 Å². The van der Waals surface area contributed by atoms with Gasteiger partial charge >= 0.3 is 12.2 Å². The molecule has 0 fully saturated rings. The highest BCUT2D eigenvalue weighted by atomic mass is 19.4. The first kappa shape index (κ1) is 20.2. The number of ketones is 1. The van der Waals surface area contributed by atoms with E-state index >= 15 is 0 Å². The predicted octanol–water partition coefficient (Wildman–Crippen LogP) is 4.38. The molecule has 29 heavy (non-hydrogen) atoms. The summed E-state index contributed by atoms with van der Waals surface area (Å²) in [6, 6.07) is 11.8. The number of halogens is 3. The molecule has 2 aromatic carbocycles. The minimum atomic E-state index is -4.42. The molecule has 0 aliphatic carbocycles. The van der Waals surface area contributed by atoms with Crippen molar-refractivity contribution in [3.63, 3.8) is 0 Å². The summed E-state index contributed by atoms with van der Waals surface area (Å²) in [5.41, 5.74) is 0.770. The minimum absolute atomic E-state index is 0.0368. The zero-order valence-corrected chi connectivity index (χ0v) is 15.6. The van der Waals surface area contributed by atoms with Gasteiger partial charge in [0.15, 0.2) is 11.6 Å². The van der Waals surface area contributed by atoms with Gasteiger partial charge in [-0.25, -0.2) is 0 Å². The number of hydrogen-bond acceptors (Lipinski definition) is 6. The van der Waals surface area contributed by atoms with Gasteiger partial charge in [-0.1, -0.05) is 30.3 Å². The predicted molar refractivity (Wildman–Crippen MR) is 101 cm³/mol. The molecule has 150 valence electrons. The molecule has 1 aromatic heterocycles. The van der Waals surface area contributed by atoms with Gasteiger partial charge in [0.25, 0.3) is 0 Å². The summed E-state index contributed by atoms with van der Waals surface area (Å²) in [6.07, 6.45) is -4.42. The molecule has 0 amide bonds. The fourth-order valence-electron chi connectivity index (χ4n) is 2.57. The molecule has 0 aliphatic heterocycles. The topological polar surface area (TPSA) is 77.0 Å². The Morgan fingerprint density at radius 2 is 1.83 bits per heavy atom. The van der Waals surface area contributed by atoms with E-state index in [2.05, 4.69) is 20.3 Å². The van der Waals surface area contributed by atoms with Crippen LogP contribution in [-0.2, 0) is 12.7 Å². The molecule has 0 unspecified atom stereocenters. The Bertz CT molecular complexity index is 1040. The Hall–Kier alpha value is -3.49. The van der Waals surface area contributed by atoms with Crippen molar-refractivity contribution in [1.29, 1.82) is 0 Å². The van der Waals surface area contributed by atoms with Crippen molar-refractivity contribution in [2.24, 2.45) is 0 Å². The second-order valence-corrected chi connectivity index (χ2v) is 6.16. The van der Waals surface area contributed by atoms with E-state index in [1.54, 1.807) is 30.3 Å². The number of nitrogens with one attached hydrogen (secondary N) is 1. The molecule has 0 spiro atoms. The number of rotatable bonds is 6. The SMILES string of the molecule is COc1nc(NCc2cccc(C(F)(F)F)c2)nc(-c2cccc(C(C)=O)c2)n1. The van der Waals surface area contributed by atoms with Crippen molar-refractivity contribution in [3.8, 4) is 17.4 Å². The van der Waals surface area contributed by atoms with Crippen LogP contribution in [0.25, 0.3) is 11.4 Å². The molecule has 6 nitrogen and oxygen atoms in total. The van der Waals surface area contributed by atoms with Gasteiger partial charge in [0.2, 0.25) is 5.95 Å². The third-order valence-corrected chi connectivity index (χ3v) is 4.03. The van der Waals surface area contributed by atoms with Gasteiger partial charge in [-0.2, -0.15) is 28.1 Å². The van der Waals surface area contributed by atoms with Crippen molar-refractivity contribution in [1.82, 2.24) is 15.0 Å². The molecule has 9 heteroatoms. The zero-order chi connectivity index (χ0) is 21.0. The summed E-state index contributed by atoms with van der Waals surface area (Å²) >= 11 is 0. The largest absolute Gasteiger partial charge is 0.467 e. The summed E-state index contributed by atoms with van der Waals surface area (Å²) in [5.74, 6) is 0.305. The van der Waals surface area contributed by atoms with E-state index in [0.717, 1.165) is 12.1 Å². The van der Waals surface area contributed by atoms with Crippen LogP contribution < -0.4 is 10.1 Å². The molecule has 1 N–H and O–H groups in total. The van der Waals surface area contributed by atoms with Crippen LogP contribution in [0.2, 0.25) is 0 Å². The Labute approximate surface area is 164 Å². The van der Waals surface area contributed by atoms with E-state index in [1.165, 1.54) is 20.1 Å². The number of ether oxygens (including phenoxy) is 1. The van der Waals surface area contributed by atoms with Crippen LogP contribution in [0.4, 0.5) is 19.1 Å². The highest BCUT2D eigenvalue weighted by Crippen LogP contribution is 2.29. The van der Waals surface area contributed by atoms with Gasteiger partial charge in [0.1, 0.15) is 0 Å². The van der Waals surface area contributed by atoms with Crippen LogP contribution in [0.3, 0.4) is 0 Å². The van der Waals surface area contributed by atoms with E-state index in [1.807, 2.05) is 0 Å². The first-order valence-electron chi connectivity index (χ1n) is 8.57. The Morgan fingerprint density at radius 3 is 2.52 bits per heavy atom. The van der Waals surface area contributed by atoms with Gasteiger partial charge < -0.3 is 10.1 Å². The zero-order valence-electron chi connectivity index (χ0n) is 15.6. The lowest BCUT2D eigenvalue weighted by molar-refractivity contribution is -0.137. The van der Waals surface area contributed by atoms with Crippen LogP contribution in [0.15, 0.2) is 48.5 Å². The van der Waals surface area contributed by atoms with Crippen LogP contribution in [0, 0.1) is 0 Å². The van der Waals surface area contributed by atoms with Crippen molar-refractivity contribution >= 4 is 11.7 Å². The molecule has 0 saturated carbocycles. The third-order valence-electron chi connectivity index (χ3n) is 4.03. The average molecular weight is 402 g/mol. The molecule has 0 aliphatic rings. The molecular weight excluding hydrogens is 385 g/mol. The summed E-state index contributed by atoms with van der Waals surface area (Å²) in [6.45, 7) is 1.53. The molecule has 3 aromatic rings. The monoisotopic (exact) mass is 402 g/mol. The third kappa shape index (κ3) is 5.07. The van der Waals surface area contributed by atoms with E-state index in [-0.39, 0.29) is 30.1 Å². The molecule has 0 bridgehead atoms. The average Bonchev–Trinajstić information content (AvgIpc) is 2.71. The summed E-state index contributed by atoms with van der Waals surface area (Å²) in [7, 11) is 1.39. The molecule has 0 atom stereocenters. The first-order valence-corrected chi connectivity index (χ1v) is 8.57. The Morgan fingerprint density at radius 1 is 1.07 bits per heavy atom. The highest BCUT2D eigenvalue weighted by Gasteiger charge is 2.30. The van der Waals surface area contributed by atoms with Crippen molar-refractivity contribution in [2.45, 2.75) is 19.6 Å². The van der Waals surface area contributed by atoms with Gasteiger partial charge in [0.05, 0.1) is 12.7 Å². The van der Waals surface area contributed by atoms with Crippen LogP contribution >= 0.6 is 0 Å². The van der Waals surface area contributed by atoms with E-state index in [0.29, 0.717) is 16.7 Å². The maximum absolute atomic E-state index is 12.9. The number of Topliss-reactive ketones (excluding diaryl/α,β-unsaturated/α-hetero) is 1. The number of carbonyl (C=O) groups is 1. The number of nitrogens with zero attached hydrogens (tertiary/aromatic N) is 3. The molecule has 0 saturated heterocycles. The summed E-state index contributed by atoms with van der Waals surface area (Å²) in [4.78, 5) is 24.2. The van der Waals surface area contributed by atoms with Crippen molar-refractivity contribution in [2.75, 3.05) is 12.4 Å². The number of methoxy groups -OCH3 is 1. The lowest BCUT2D eigenvalue weighted by Crippen LogP contribution is -2.09. The molecule has 3 rings (SSSR count). The summed E-state index contributed by atoms with van der Waals surface area (Å²) in [5, 5.41) is 2.89. The fourth-order valence-corrected chi connectivity index (χ4v) is 2.57. The van der Waals surface area contributed by atoms with E-state index in [9.17, 15) is 18.0 Å². The van der Waals surface area contributed by atoms with Crippen molar-refractivity contribution < 1.29 is 22.7 Å². The Kier molecular flexibility index (Phi) is 5.76. The smallest absolute Gasteiger partial charge is 0.416 e. The maximum atomic E-state index is 12.9. The molecule has 1 heterocycles. The lowest BCUT2D eigenvalue weighted by Gasteiger charge is -2.11. The quantitative estimate of drug-likeness (QED) is 0.617. The van der Waals surface area contributed by atoms with Gasteiger partial charge in [-0.3, -0.25) is 4.79 Å². The minimum Gasteiger partial charge on any atom is -0.467 e. The van der Waals surface area contributed by atoms with Crippen LogP contribution in [-0.4, -0.2) is 27.8 Å². The van der Waals surface area contributed by atoms with Gasteiger partial charge in [0, 0.05) is 17.7 Å². The summed E-state index contributed by atoms with van der Waals surface area (Å²) < 4.78 is 43.7. The number of carbonyl (C=O) groups excluding carboxylic acids is 1. The van der Waals surface area contributed by atoms with E-state index in [4.69, 9.17) is 4.74 Å². The number of benzene rings is 2. The van der Waals surface area contributed by atoms with Crippen LogP contribution in [0.5, 0.6) is 6.01 Å². The van der Waals surface area contributed by atoms with Gasteiger partial charge in [-0.15, -0.1) is 0 Å². The first-order chi connectivity index (χ1) is 13.8. The Balaban J connectivity index is 1.86. The van der Waals surface area contributed by atoms with Crippen molar-refractivity contribution in [3.05, 3.63) is 65.2 Å². The second-order valence-electron chi connectivity index (χ2n) is 6.16. The van der Waals surface area contributed by atoms with E-state index < -0.39 is 11.7 Å². The second kappa shape index (κ2) is 8.26. The number of hydrogen-bond donors (Lipinski definition) is 1. The highest BCUT2D eigenvalue weighted by molar-refractivity contribution is 5.95. The molecular formula is C20H17F3N4O2. The maximum Gasteiger partial charge on any atom is 0.416 e. The number of anilines is 1. The standard InChI is InChI=1S/C20H17F3N4O2/c1-12(28)14-6-4-7-15(10-14)17-25-18(27-19(26-17)29-2)24-11-13-5-3-8-16(9-13)20(21,22)23/h3-10H,11H2,1-2H3,(H,24,25,26,27). The number of alkyl halides is 3.